The summed E-state index contributed by atoms with van der Waals surface area (Å²) in [4.78, 5) is 17.6. The number of rotatable bonds is 5. The van der Waals surface area contributed by atoms with Crippen LogP contribution in [0.25, 0.3) is 11.5 Å². The van der Waals surface area contributed by atoms with Crippen molar-refractivity contribution in [2.75, 3.05) is 25.5 Å². The molecule has 0 spiro atoms. The van der Waals surface area contributed by atoms with Crippen LogP contribution in [0.1, 0.15) is 41.9 Å². The molecule has 0 bridgehead atoms. The number of urea groups is 1. The van der Waals surface area contributed by atoms with Crippen LogP contribution in [-0.4, -0.2) is 45.9 Å². The van der Waals surface area contributed by atoms with Gasteiger partial charge in [0.2, 0.25) is 0 Å². The number of aryl methyl sites for hydroxylation is 1. The molecule has 7 nitrogen and oxygen atoms in total. The minimum Gasteiger partial charge on any atom is -0.378 e. The molecule has 35 heavy (non-hydrogen) atoms. The van der Waals surface area contributed by atoms with Crippen LogP contribution in [0.15, 0.2) is 72.9 Å². The van der Waals surface area contributed by atoms with E-state index in [0.29, 0.717) is 13.1 Å². The van der Waals surface area contributed by atoms with Crippen molar-refractivity contribution in [1.82, 2.24) is 24.6 Å². The SMILES string of the molecule is CCCNC(=O)N1Cc2c(C)nn(-c3ccccc3)c2-n2cccc2C1c1ccc(N(C)C)cc1. The molecule has 0 aliphatic carbocycles. The van der Waals surface area contributed by atoms with E-state index in [9.17, 15) is 4.79 Å². The zero-order valence-electron chi connectivity index (χ0n) is 20.8. The summed E-state index contributed by atoms with van der Waals surface area (Å²) in [7, 11) is 4.07. The summed E-state index contributed by atoms with van der Waals surface area (Å²) < 4.78 is 4.19. The first-order chi connectivity index (χ1) is 17.0. The highest BCUT2D eigenvalue weighted by Crippen LogP contribution is 2.38. The molecule has 1 atom stereocenters. The molecule has 0 fully saturated rings. The average Bonchev–Trinajstić information content (AvgIpc) is 3.43. The molecule has 4 aromatic rings. The van der Waals surface area contributed by atoms with Gasteiger partial charge < -0.3 is 19.7 Å². The Morgan fingerprint density at radius 3 is 2.49 bits per heavy atom. The highest BCUT2D eigenvalue weighted by molar-refractivity contribution is 5.76. The van der Waals surface area contributed by atoms with Gasteiger partial charge in [0.05, 0.1) is 29.7 Å². The number of nitrogens with zero attached hydrogens (tertiary/aromatic N) is 5. The number of nitrogens with one attached hydrogen (secondary N) is 1. The molecule has 1 aliphatic heterocycles. The van der Waals surface area contributed by atoms with E-state index in [4.69, 9.17) is 5.10 Å². The summed E-state index contributed by atoms with van der Waals surface area (Å²) >= 11 is 0. The molecule has 3 heterocycles. The van der Waals surface area contributed by atoms with Gasteiger partial charge in [-0.25, -0.2) is 9.48 Å². The number of para-hydroxylation sites is 1. The third-order valence-corrected chi connectivity index (χ3v) is 6.60. The Labute approximate surface area is 206 Å². The summed E-state index contributed by atoms with van der Waals surface area (Å²) in [6.45, 7) is 5.19. The fraction of sp³-hybridized carbons (Fsp3) is 0.286. The lowest BCUT2D eigenvalue weighted by molar-refractivity contribution is 0.180. The van der Waals surface area contributed by atoms with Crippen molar-refractivity contribution < 1.29 is 4.79 Å². The highest BCUT2D eigenvalue weighted by Gasteiger charge is 2.35. The summed E-state index contributed by atoms with van der Waals surface area (Å²) in [5.74, 6) is 0.981. The Morgan fingerprint density at radius 1 is 1.06 bits per heavy atom. The Hall–Kier alpha value is -4.00. The first-order valence-corrected chi connectivity index (χ1v) is 12.1. The number of hydrogen-bond acceptors (Lipinski definition) is 3. The number of anilines is 1. The van der Waals surface area contributed by atoms with E-state index in [0.717, 1.165) is 46.1 Å². The van der Waals surface area contributed by atoms with Gasteiger partial charge in [-0.3, -0.25) is 0 Å². The second-order valence-corrected chi connectivity index (χ2v) is 9.19. The van der Waals surface area contributed by atoms with Crippen molar-refractivity contribution in [3.8, 4) is 11.5 Å². The molecular formula is C28H32N6O. The second-order valence-electron chi connectivity index (χ2n) is 9.19. The monoisotopic (exact) mass is 468 g/mol. The zero-order chi connectivity index (χ0) is 24.5. The van der Waals surface area contributed by atoms with Crippen LogP contribution in [0, 0.1) is 6.92 Å². The Morgan fingerprint density at radius 2 is 1.80 bits per heavy atom. The summed E-state index contributed by atoms with van der Waals surface area (Å²) in [5, 5.41) is 8.01. The standard InChI is InChI=1S/C28H32N6O/c1-5-17-29-28(35)33-19-24-20(2)30-34(23-10-7-6-8-11-23)27(24)32-18-9-12-25(32)26(33)21-13-15-22(16-14-21)31(3)4/h6-16,18,26H,5,17,19H2,1-4H3,(H,29,35). The lowest BCUT2D eigenvalue weighted by Gasteiger charge is -2.31. The van der Waals surface area contributed by atoms with E-state index in [-0.39, 0.29) is 12.1 Å². The predicted molar refractivity (Wildman–Crippen MR) is 139 cm³/mol. The zero-order valence-corrected chi connectivity index (χ0v) is 20.8. The van der Waals surface area contributed by atoms with E-state index in [1.165, 1.54) is 0 Å². The van der Waals surface area contributed by atoms with Crippen LogP contribution >= 0.6 is 0 Å². The highest BCUT2D eigenvalue weighted by atomic mass is 16.2. The number of fused-ring (bicyclic) bond motifs is 3. The largest absolute Gasteiger partial charge is 0.378 e. The minimum atomic E-state index is -0.242. The molecular weight excluding hydrogens is 436 g/mol. The van der Waals surface area contributed by atoms with Crippen LogP contribution < -0.4 is 10.2 Å². The summed E-state index contributed by atoms with van der Waals surface area (Å²) in [5.41, 5.74) is 6.19. The Bertz CT molecular complexity index is 1320. The van der Waals surface area contributed by atoms with Gasteiger partial charge in [0.15, 0.2) is 0 Å². The first-order valence-electron chi connectivity index (χ1n) is 12.1. The molecule has 0 radical (unpaired) electrons. The fourth-order valence-corrected chi connectivity index (χ4v) is 4.79. The molecule has 2 aromatic heterocycles. The van der Waals surface area contributed by atoms with Gasteiger partial charge in [-0.2, -0.15) is 5.10 Å². The maximum absolute atomic E-state index is 13.6. The maximum atomic E-state index is 13.6. The van der Waals surface area contributed by atoms with Crippen LogP contribution in [0.4, 0.5) is 10.5 Å². The third kappa shape index (κ3) is 4.07. The first kappa shape index (κ1) is 22.8. The van der Waals surface area contributed by atoms with Gasteiger partial charge in [0.25, 0.3) is 0 Å². The normalized spacial score (nSPS) is 14.7. The predicted octanol–water partition coefficient (Wildman–Crippen LogP) is 5.06. The summed E-state index contributed by atoms with van der Waals surface area (Å²) in [6, 6.07) is 22.5. The van der Waals surface area contributed by atoms with Crippen LogP contribution in [0.3, 0.4) is 0 Å². The minimum absolute atomic E-state index is 0.0685. The van der Waals surface area contributed by atoms with E-state index in [2.05, 4.69) is 70.4 Å². The molecule has 1 aliphatic rings. The molecule has 5 rings (SSSR count). The number of carbonyl (C=O) groups excluding carboxylic acids is 1. The van der Waals surface area contributed by atoms with Gasteiger partial charge in [-0.1, -0.05) is 37.3 Å². The number of aromatic nitrogens is 3. The van der Waals surface area contributed by atoms with Gasteiger partial charge in [-0.15, -0.1) is 0 Å². The van der Waals surface area contributed by atoms with E-state index >= 15 is 0 Å². The van der Waals surface area contributed by atoms with Crippen molar-refractivity contribution in [2.45, 2.75) is 32.9 Å². The number of benzene rings is 2. The van der Waals surface area contributed by atoms with E-state index < -0.39 is 0 Å². The van der Waals surface area contributed by atoms with Gasteiger partial charge in [-0.05, 0) is 55.3 Å². The molecule has 2 aromatic carbocycles. The fourth-order valence-electron chi connectivity index (χ4n) is 4.79. The van der Waals surface area contributed by atoms with Crippen LogP contribution in [0.5, 0.6) is 0 Å². The average molecular weight is 469 g/mol. The van der Waals surface area contributed by atoms with Crippen molar-refractivity contribution in [3.05, 3.63) is 95.4 Å². The quantitative estimate of drug-likeness (QED) is 0.445. The van der Waals surface area contributed by atoms with Crippen molar-refractivity contribution in [3.63, 3.8) is 0 Å². The number of hydrogen-bond donors (Lipinski definition) is 1. The maximum Gasteiger partial charge on any atom is 0.318 e. The Balaban J connectivity index is 1.70. The van der Waals surface area contributed by atoms with Gasteiger partial charge in [0, 0.05) is 38.1 Å². The lowest BCUT2D eigenvalue weighted by Crippen LogP contribution is -2.42. The second kappa shape index (κ2) is 9.33. The lowest BCUT2D eigenvalue weighted by atomic mass is 10.0. The molecule has 1 N–H and O–H groups in total. The molecule has 1 unspecified atom stereocenters. The topological polar surface area (TPSA) is 58.3 Å². The molecule has 180 valence electrons. The van der Waals surface area contributed by atoms with Crippen molar-refractivity contribution >= 4 is 11.7 Å². The van der Waals surface area contributed by atoms with E-state index in [1.54, 1.807) is 0 Å². The van der Waals surface area contributed by atoms with Gasteiger partial charge in [0.1, 0.15) is 5.82 Å². The van der Waals surface area contributed by atoms with E-state index in [1.807, 2.05) is 54.9 Å². The molecule has 0 saturated carbocycles. The van der Waals surface area contributed by atoms with Crippen molar-refractivity contribution in [1.29, 1.82) is 0 Å². The smallest absolute Gasteiger partial charge is 0.318 e. The molecule has 7 heteroatoms. The van der Waals surface area contributed by atoms with Gasteiger partial charge >= 0.3 is 6.03 Å². The number of amides is 2. The summed E-state index contributed by atoms with van der Waals surface area (Å²) in [6.07, 6.45) is 2.96. The Kier molecular flexibility index (Phi) is 6.07. The third-order valence-electron chi connectivity index (χ3n) is 6.60. The van der Waals surface area contributed by atoms with Crippen molar-refractivity contribution in [2.24, 2.45) is 0 Å². The molecule has 2 amide bonds. The van der Waals surface area contributed by atoms with Crippen LogP contribution in [0.2, 0.25) is 0 Å². The van der Waals surface area contributed by atoms with Crippen LogP contribution in [-0.2, 0) is 6.54 Å². The molecule has 0 saturated heterocycles. The number of carbonyl (C=O) groups is 1.